The number of carbonyl (C=O) groups is 1. The van der Waals surface area contributed by atoms with Gasteiger partial charge in [0.05, 0.1) is 0 Å². The third-order valence-corrected chi connectivity index (χ3v) is 3.29. The maximum absolute atomic E-state index is 11.4. The van der Waals surface area contributed by atoms with Gasteiger partial charge in [-0.25, -0.2) is 9.97 Å². The van der Waals surface area contributed by atoms with Crippen LogP contribution in [0.2, 0.25) is 0 Å². The summed E-state index contributed by atoms with van der Waals surface area (Å²) >= 11 is 0. The van der Waals surface area contributed by atoms with Crippen molar-refractivity contribution < 1.29 is 9.53 Å². The number of nitrogen functional groups attached to an aromatic ring is 2. The molecule has 0 atom stereocenters. The van der Waals surface area contributed by atoms with Gasteiger partial charge in [-0.05, 0) is 36.4 Å². The monoisotopic (exact) mass is 321 g/mol. The minimum absolute atomic E-state index is 0.0900. The predicted octanol–water partition coefficient (Wildman–Crippen LogP) is 2.20. The molecule has 3 rings (SSSR count). The van der Waals surface area contributed by atoms with E-state index in [9.17, 15) is 4.79 Å². The largest absolute Gasteiger partial charge is 0.457 e. The van der Waals surface area contributed by atoms with Gasteiger partial charge in [0.25, 0.3) is 5.91 Å². The Morgan fingerprint density at radius 1 is 0.833 bits per heavy atom. The second-order valence-corrected chi connectivity index (χ2v) is 5.00. The number of hydrogen-bond acceptors (Lipinski definition) is 6. The topological polar surface area (TPSA) is 130 Å². The van der Waals surface area contributed by atoms with Gasteiger partial charge in [0, 0.05) is 5.56 Å². The van der Waals surface area contributed by atoms with E-state index in [0.717, 1.165) is 5.75 Å². The van der Waals surface area contributed by atoms with Gasteiger partial charge in [0.2, 0.25) is 0 Å². The summed E-state index contributed by atoms with van der Waals surface area (Å²) in [6.07, 6.45) is 0. The van der Waals surface area contributed by atoms with Crippen LogP contribution in [-0.4, -0.2) is 15.9 Å². The molecule has 0 aliphatic heterocycles. The van der Waals surface area contributed by atoms with Crippen LogP contribution >= 0.6 is 0 Å². The highest BCUT2D eigenvalue weighted by atomic mass is 16.5. The summed E-state index contributed by atoms with van der Waals surface area (Å²) in [5, 5.41) is 0. The first-order valence-electron chi connectivity index (χ1n) is 7.10. The maximum atomic E-state index is 11.4. The van der Waals surface area contributed by atoms with E-state index in [2.05, 4.69) is 9.97 Å². The fourth-order valence-corrected chi connectivity index (χ4v) is 2.16. The van der Waals surface area contributed by atoms with Crippen LogP contribution in [0.3, 0.4) is 0 Å². The number of rotatable bonds is 4. The second-order valence-electron chi connectivity index (χ2n) is 5.00. The molecule has 0 aliphatic rings. The number of nitrogens with zero attached hydrogens (tertiary/aromatic N) is 2. The van der Waals surface area contributed by atoms with Gasteiger partial charge in [-0.2, -0.15) is 0 Å². The number of para-hydroxylation sites is 1. The van der Waals surface area contributed by atoms with Crippen molar-refractivity contribution in [3.05, 3.63) is 60.3 Å². The van der Waals surface area contributed by atoms with Crippen LogP contribution in [0, 0.1) is 0 Å². The van der Waals surface area contributed by atoms with E-state index in [1.807, 2.05) is 30.3 Å². The molecule has 6 N–H and O–H groups in total. The molecule has 1 aromatic heterocycles. The highest BCUT2D eigenvalue weighted by Gasteiger charge is 2.15. The number of ether oxygens (including phenoxy) is 1. The molecule has 0 aliphatic carbocycles. The molecule has 24 heavy (non-hydrogen) atoms. The van der Waals surface area contributed by atoms with Crippen LogP contribution in [0.4, 0.5) is 11.6 Å². The molecule has 120 valence electrons. The van der Waals surface area contributed by atoms with Gasteiger partial charge in [-0.1, -0.05) is 18.2 Å². The molecule has 0 spiro atoms. The average Bonchev–Trinajstić information content (AvgIpc) is 2.56. The third kappa shape index (κ3) is 3.09. The number of primary amides is 1. The summed E-state index contributed by atoms with van der Waals surface area (Å²) < 4.78 is 5.72. The van der Waals surface area contributed by atoms with Crippen LogP contribution in [0.15, 0.2) is 54.6 Å². The lowest BCUT2D eigenvalue weighted by Gasteiger charge is -2.09. The summed E-state index contributed by atoms with van der Waals surface area (Å²) in [5.74, 6) is 0.655. The maximum Gasteiger partial charge on any atom is 0.271 e. The molecule has 1 heterocycles. The number of amides is 1. The number of benzene rings is 2. The number of nitrogens with two attached hydrogens (primary N) is 3. The second kappa shape index (κ2) is 6.25. The van der Waals surface area contributed by atoms with Gasteiger partial charge >= 0.3 is 0 Å². The van der Waals surface area contributed by atoms with Crippen molar-refractivity contribution >= 4 is 17.5 Å². The summed E-state index contributed by atoms with van der Waals surface area (Å²) in [5.41, 5.74) is 17.6. The van der Waals surface area contributed by atoms with Crippen molar-refractivity contribution in [2.75, 3.05) is 11.5 Å². The normalized spacial score (nSPS) is 10.3. The molecule has 0 bridgehead atoms. The third-order valence-electron chi connectivity index (χ3n) is 3.29. The van der Waals surface area contributed by atoms with Gasteiger partial charge in [0.1, 0.15) is 17.2 Å². The predicted molar refractivity (Wildman–Crippen MR) is 91.3 cm³/mol. The number of anilines is 2. The Kier molecular flexibility index (Phi) is 3.98. The Hall–Kier alpha value is -3.61. The highest BCUT2D eigenvalue weighted by molar-refractivity contribution is 5.96. The van der Waals surface area contributed by atoms with E-state index in [1.54, 1.807) is 24.3 Å². The molecular formula is C17H15N5O2. The summed E-state index contributed by atoms with van der Waals surface area (Å²) in [6.45, 7) is 0. The average molecular weight is 321 g/mol. The lowest BCUT2D eigenvalue weighted by atomic mass is 10.1. The Morgan fingerprint density at radius 2 is 1.46 bits per heavy atom. The molecule has 1 amide bonds. The van der Waals surface area contributed by atoms with Crippen molar-refractivity contribution in [2.24, 2.45) is 5.73 Å². The SMILES string of the molecule is NC(=O)c1nc(-c2ccc(Oc3ccccc3)cc2)c(N)nc1N. The standard InChI is InChI=1S/C17H15N5O2/c18-15-13(21-14(17(20)23)16(19)22-15)10-6-8-12(9-7-10)24-11-4-2-1-3-5-11/h1-9H,(H2,20,23)(H4,18,19,22). The smallest absolute Gasteiger partial charge is 0.271 e. The van der Waals surface area contributed by atoms with E-state index < -0.39 is 5.91 Å². The first-order chi connectivity index (χ1) is 11.5. The minimum atomic E-state index is -0.759. The molecule has 0 saturated carbocycles. The van der Waals surface area contributed by atoms with E-state index in [1.165, 1.54) is 0 Å². The van der Waals surface area contributed by atoms with Crippen molar-refractivity contribution in [1.82, 2.24) is 9.97 Å². The Labute approximate surface area is 138 Å². The van der Waals surface area contributed by atoms with Crippen molar-refractivity contribution in [3.63, 3.8) is 0 Å². The number of carbonyl (C=O) groups excluding carboxylic acids is 1. The van der Waals surface area contributed by atoms with E-state index in [0.29, 0.717) is 17.0 Å². The Bertz CT molecular complexity index is 879. The molecule has 7 nitrogen and oxygen atoms in total. The molecule has 7 heteroatoms. The van der Waals surface area contributed by atoms with Crippen molar-refractivity contribution in [1.29, 1.82) is 0 Å². The fraction of sp³-hybridized carbons (Fsp3) is 0. The molecule has 0 unspecified atom stereocenters. The van der Waals surface area contributed by atoms with Crippen LogP contribution in [-0.2, 0) is 0 Å². The molecule has 3 aromatic rings. The minimum Gasteiger partial charge on any atom is -0.457 e. The van der Waals surface area contributed by atoms with E-state index in [4.69, 9.17) is 21.9 Å². The van der Waals surface area contributed by atoms with E-state index >= 15 is 0 Å². The molecule has 0 radical (unpaired) electrons. The molecule has 0 fully saturated rings. The fourth-order valence-electron chi connectivity index (χ4n) is 2.16. The molecular weight excluding hydrogens is 306 g/mol. The van der Waals surface area contributed by atoms with Crippen LogP contribution < -0.4 is 21.9 Å². The zero-order valence-electron chi connectivity index (χ0n) is 12.6. The lowest BCUT2D eigenvalue weighted by molar-refractivity contribution is 0.0996. The summed E-state index contributed by atoms with van der Waals surface area (Å²) in [4.78, 5) is 19.4. The number of aromatic nitrogens is 2. The van der Waals surface area contributed by atoms with Crippen LogP contribution in [0.25, 0.3) is 11.3 Å². The zero-order chi connectivity index (χ0) is 17.1. The molecule has 0 saturated heterocycles. The summed E-state index contributed by atoms with van der Waals surface area (Å²) in [7, 11) is 0. The number of hydrogen-bond donors (Lipinski definition) is 3. The quantitative estimate of drug-likeness (QED) is 0.675. The van der Waals surface area contributed by atoms with Crippen molar-refractivity contribution in [2.45, 2.75) is 0 Å². The van der Waals surface area contributed by atoms with Crippen LogP contribution in [0.5, 0.6) is 11.5 Å². The first kappa shape index (κ1) is 15.3. The summed E-state index contributed by atoms with van der Waals surface area (Å²) in [6, 6.07) is 16.5. The van der Waals surface area contributed by atoms with Crippen molar-refractivity contribution in [3.8, 4) is 22.8 Å². The van der Waals surface area contributed by atoms with Gasteiger partial charge < -0.3 is 21.9 Å². The zero-order valence-corrected chi connectivity index (χ0v) is 12.6. The van der Waals surface area contributed by atoms with Gasteiger partial charge in [-0.3, -0.25) is 4.79 Å². The molecule has 2 aromatic carbocycles. The van der Waals surface area contributed by atoms with Crippen LogP contribution in [0.1, 0.15) is 10.5 Å². The Balaban J connectivity index is 1.91. The van der Waals surface area contributed by atoms with E-state index in [-0.39, 0.29) is 17.3 Å². The van der Waals surface area contributed by atoms with Gasteiger partial charge in [0.15, 0.2) is 17.3 Å². The Morgan fingerprint density at radius 3 is 2.08 bits per heavy atom. The van der Waals surface area contributed by atoms with Gasteiger partial charge in [-0.15, -0.1) is 0 Å². The lowest BCUT2D eigenvalue weighted by Crippen LogP contribution is -2.18. The first-order valence-corrected chi connectivity index (χ1v) is 7.10. The highest BCUT2D eigenvalue weighted by Crippen LogP contribution is 2.28.